The molecular formula is C20H28N4. The Morgan fingerprint density at radius 2 is 1.83 bits per heavy atom. The minimum Gasteiger partial charge on any atom is -0.367 e. The Morgan fingerprint density at radius 1 is 1.08 bits per heavy atom. The van der Waals surface area contributed by atoms with E-state index >= 15 is 0 Å². The Kier molecular flexibility index (Phi) is 5.68. The van der Waals surface area contributed by atoms with Crippen LogP contribution in [0.4, 0.5) is 11.8 Å². The van der Waals surface area contributed by atoms with Gasteiger partial charge >= 0.3 is 0 Å². The van der Waals surface area contributed by atoms with Gasteiger partial charge in [0.05, 0.1) is 5.69 Å². The van der Waals surface area contributed by atoms with E-state index in [4.69, 9.17) is 9.97 Å². The minimum absolute atomic E-state index is 0.360. The third-order valence-electron chi connectivity index (χ3n) is 4.74. The monoisotopic (exact) mass is 324 g/mol. The fourth-order valence-corrected chi connectivity index (χ4v) is 3.12. The molecule has 0 aliphatic heterocycles. The van der Waals surface area contributed by atoms with Gasteiger partial charge in [-0.15, -0.1) is 0 Å². The van der Waals surface area contributed by atoms with Crippen molar-refractivity contribution in [3.63, 3.8) is 0 Å². The van der Waals surface area contributed by atoms with Crippen molar-refractivity contribution in [2.45, 2.75) is 64.5 Å². The van der Waals surface area contributed by atoms with E-state index in [1.165, 1.54) is 32.1 Å². The lowest BCUT2D eigenvalue weighted by atomic mass is 9.95. The normalized spacial score (nSPS) is 16.6. The maximum atomic E-state index is 4.72. The van der Waals surface area contributed by atoms with Crippen LogP contribution in [0.5, 0.6) is 0 Å². The van der Waals surface area contributed by atoms with Crippen molar-refractivity contribution in [1.82, 2.24) is 9.97 Å². The zero-order chi connectivity index (χ0) is 16.8. The predicted octanol–water partition coefficient (Wildman–Crippen LogP) is 5.10. The van der Waals surface area contributed by atoms with Crippen LogP contribution in [0.25, 0.3) is 11.3 Å². The van der Waals surface area contributed by atoms with Crippen LogP contribution in [-0.4, -0.2) is 22.1 Å². The van der Waals surface area contributed by atoms with Crippen LogP contribution < -0.4 is 10.6 Å². The molecule has 3 rings (SSSR count). The first-order valence-corrected chi connectivity index (χ1v) is 9.22. The molecule has 1 fully saturated rings. The largest absolute Gasteiger partial charge is 0.367 e. The topological polar surface area (TPSA) is 49.8 Å². The second kappa shape index (κ2) is 8.13. The number of nitrogens with zero attached hydrogens (tertiary/aromatic N) is 2. The molecule has 0 spiro atoms. The van der Waals surface area contributed by atoms with E-state index in [-0.39, 0.29) is 0 Å². The second-order valence-corrected chi connectivity index (χ2v) is 6.76. The van der Waals surface area contributed by atoms with Gasteiger partial charge in [0.25, 0.3) is 0 Å². The molecule has 4 heteroatoms. The van der Waals surface area contributed by atoms with Crippen molar-refractivity contribution in [3.8, 4) is 11.3 Å². The Balaban J connectivity index is 1.87. The van der Waals surface area contributed by atoms with E-state index < -0.39 is 0 Å². The van der Waals surface area contributed by atoms with Gasteiger partial charge in [-0.2, -0.15) is 4.98 Å². The molecule has 0 amide bonds. The van der Waals surface area contributed by atoms with Gasteiger partial charge in [-0.3, -0.25) is 0 Å². The molecular weight excluding hydrogens is 296 g/mol. The van der Waals surface area contributed by atoms with Crippen LogP contribution in [0.3, 0.4) is 0 Å². The average molecular weight is 324 g/mol. The van der Waals surface area contributed by atoms with Crippen LogP contribution in [0.15, 0.2) is 36.4 Å². The molecule has 1 aromatic heterocycles. The highest BCUT2D eigenvalue weighted by Gasteiger charge is 2.15. The zero-order valence-electron chi connectivity index (χ0n) is 14.8. The van der Waals surface area contributed by atoms with Crippen molar-refractivity contribution >= 4 is 11.8 Å². The Hall–Kier alpha value is -2.10. The van der Waals surface area contributed by atoms with Gasteiger partial charge in [-0.05, 0) is 26.2 Å². The molecule has 1 saturated carbocycles. The molecule has 0 bridgehead atoms. The smallest absolute Gasteiger partial charge is 0.225 e. The van der Waals surface area contributed by atoms with E-state index in [9.17, 15) is 0 Å². The number of benzene rings is 1. The number of hydrogen-bond donors (Lipinski definition) is 2. The molecule has 2 aromatic rings. The van der Waals surface area contributed by atoms with Crippen LogP contribution in [0.1, 0.15) is 52.4 Å². The van der Waals surface area contributed by atoms with Crippen LogP contribution in [0.2, 0.25) is 0 Å². The molecule has 1 aliphatic carbocycles. The highest BCUT2D eigenvalue weighted by atomic mass is 15.2. The number of aromatic nitrogens is 2. The first-order valence-electron chi connectivity index (χ1n) is 9.22. The summed E-state index contributed by atoms with van der Waals surface area (Å²) in [5, 5.41) is 7.05. The first kappa shape index (κ1) is 16.7. The summed E-state index contributed by atoms with van der Waals surface area (Å²) in [6, 6.07) is 13.3. The van der Waals surface area contributed by atoms with Crippen molar-refractivity contribution < 1.29 is 0 Å². The maximum absolute atomic E-state index is 4.72. The minimum atomic E-state index is 0.360. The molecule has 0 saturated heterocycles. The summed E-state index contributed by atoms with van der Waals surface area (Å²) >= 11 is 0. The van der Waals surface area contributed by atoms with Gasteiger partial charge in [-0.1, -0.05) is 56.5 Å². The van der Waals surface area contributed by atoms with Crippen LogP contribution >= 0.6 is 0 Å². The summed E-state index contributed by atoms with van der Waals surface area (Å²) in [4.78, 5) is 9.43. The van der Waals surface area contributed by atoms with E-state index in [2.05, 4.69) is 42.7 Å². The third-order valence-corrected chi connectivity index (χ3v) is 4.74. The summed E-state index contributed by atoms with van der Waals surface area (Å²) in [5.41, 5.74) is 2.09. The van der Waals surface area contributed by atoms with E-state index in [1.807, 2.05) is 18.2 Å². The third kappa shape index (κ3) is 4.47. The van der Waals surface area contributed by atoms with Gasteiger partial charge in [0.1, 0.15) is 5.82 Å². The molecule has 1 atom stereocenters. The van der Waals surface area contributed by atoms with E-state index in [0.717, 1.165) is 23.5 Å². The van der Waals surface area contributed by atoms with Gasteiger partial charge in [0.15, 0.2) is 0 Å². The summed E-state index contributed by atoms with van der Waals surface area (Å²) in [6.07, 6.45) is 7.50. The first-order chi connectivity index (χ1) is 11.7. The number of hydrogen-bond acceptors (Lipinski definition) is 4. The Morgan fingerprint density at radius 3 is 2.54 bits per heavy atom. The standard InChI is InChI=1S/C20H28N4/c1-3-15(2)21-20-23-18(16-10-6-4-7-11-16)14-19(24-20)22-17-12-8-5-9-13-17/h4,6-7,10-11,14-15,17H,3,5,8-9,12-13H2,1-2H3,(H2,21,22,23,24). The molecule has 1 aromatic carbocycles. The number of nitrogens with one attached hydrogen (secondary N) is 2. The molecule has 0 radical (unpaired) electrons. The molecule has 4 nitrogen and oxygen atoms in total. The van der Waals surface area contributed by atoms with Crippen LogP contribution in [-0.2, 0) is 0 Å². The average Bonchev–Trinajstić information content (AvgIpc) is 2.63. The van der Waals surface area contributed by atoms with E-state index in [0.29, 0.717) is 18.0 Å². The number of rotatable bonds is 6. The van der Waals surface area contributed by atoms with Crippen molar-refractivity contribution in [2.75, 3.05) is 10.6 Å². The summed E-state index contributed by atoms with van der Waals surface area (Å²) in [6.45, 7) is 4.33. The maximum Gasteiger partial charge on any atom is 0.225 e. The highest BCUT2D eigenvalue weighted by Crippen LogP contribution is 2.25. The van der Waals surface area contributed by atoms with Crippen LogP contribution in [0, 0.1) is 0 Å². The lowest BCUT2D eigenvalue weighted by Gasteiger charge is -2.24. The van der Waals surface area contributed by atoms with Gasteiger partial charge in [-0.25, -0.2) is 4.98 Å². The van der Waals surface area contributed by atoms with Gasteiger partial charge in [0.2, 0.25) is 5.95 Å². The SMILES string of the molecule is CCC(C)Nc1nc(NC2CCCCC2)cc(-c2ccccc2)n1. The predicted molar refractivity (Wildman–Crippen MR) is 101 cm³/mol. The summed E-state index contributed by atoms with van der Waals surface area (Å²) < 4.78 is 0. The summed E-state index contributed by atoms with van der Waals surface area (Å²) in [5.74, 6) is 1.64. The zero-order valence-corrected chi connectivity index (χ0v) is 14.8. The second-order valence-electron chi connectivity index (χ2n) is 6.76. The Labute approximate surface area is 145 Å². The van der Waals surface area contributed by atoms with Gasteiger partial charge in [0, 0.05) is 23.7 Å². The molecule has 128 valence electrons. The fraction of sp³-hybridized carbons (Fsp3) is 0.500. The summed E-state index contributed by atoms with van der Waals surface area (Å²) in [7, 11) is 0. The Bertz CT molecular complexity index is 635. The lowest BCUT2D eigenvalue weighted by Crippen LogP contribution is -2.23. The number of anilines is 2. The van der Waals surface area contributed by atoms with Crippen molar-refractivity contribution in [1.29, 1.82) is 0 Å². The molecule has 1 heterocycles. The molecule has 1 unspecified atom stereocenters. The fourth-order valence-electron chi connectivity index (χ4n) is 3.12. The van der Waals surface area contributed by atoms with Gasteiger partial charge < -0.3 is 10.6 Å². The highest BCUT2D eigenvalue weighted by molar-refractivity contribution is 5.64. The van der Waals surface area contributed by atoms with Crippen molar-refractivity contribution in [2.24, 2.45) is 0 Å². The van der Waals surface area contributed by atoms with E-state index in [1.54, 1.807) is 0 Å². The quantitative estimate of drug-likeness (QED) is 0.776. The molecule has 2 N–H and O–H groups in total. The lowest BCUT2D eigenvalue weighted by molar-refractivity contribution is 0.462. The molecule has 24 heavy (non-hydrogen) atoms. The van der Waals surface area contributed by atoms with Crippen molar-refractivity contribution in [3.05, 3.63) is 36.4 Å². The molecule has 1 aliphatic rings.